The number of aliphatic hydroxyl groups excluding tert-OH is 2. The SMILES string of the molecule is CCCC1=C([C@H](O)CC/C(=C/c2ccc(O)cc2Cl)c2ccccc2)[C@H](CO)[C@@H]2C(=O)N(CCCCCC(=O)O)C(=O)[C@@H]2C1. The lowest BCUT2D eigenvalue weighted by Gasteiger charge is -2.36. The number of fused-ring (bicyclic) bond motifs is 1. The van der Waals surface area contributed by atoms with Gasteiger partial charge in [0.2, 0.25) is 11.8 Å². The van der Waals surface area contributed by atoms with Crippen LogP contribution in [0.2, 0.25) is 5.02 Å². The summed E-state index contributed by atoms with van der Waals surface area (Å²) >= 11 is 6.41. The minimum absolute atomic E-state index is 0.0500. The molecule has 44 heavy (non-hydrogen) atoms. The lowest BCUT2D eigenvalue weighted by atomic mass is 9.67. The number of phenolic OH excluding ortho intramolecular Hbond substituents is 1. The summed E-state index contributed by atoms with van der Waals surface area (Å²) in [5, 5.41) is 41.4. The van der Waals surface area contributed by atoms with Crippen LogP contribution in [0.15, 0.2) is 59.7 Å². The first-order chi connectivity index (χ1) is 21.2. The summed E-state index contributed by atoms with van der Waals surface area (Å²) in [6, 6.07) is 14.5. The number of carbonyl (C=O) groups excluding carboxylic acids is 2. The van der Waals surface area contributed by atoms with E-state index in [9.17, 15) is 29.7 Å². The summed E-state index contributed by atoms with van der Waals surface area (Å²) in [4.78, 5) is 39.1. The van der Waals surface area contributed by atoms with E-state index in [-0.39, 0.29) is 37.1 Å². The number of halogens is 1. The Labute approximate surface area is 263 Å². The van der Waals surface area contributed by atoms with Gasteiger partial charge in [-0.15, -0.1) is 0 Å². The fourth-order valence-corrected chi connectivity index (χ4v) is 6.96. The highest BCUT2D eigenvalue weighted by Crippen LogP contribution is 2.47. The van der Waals surface area contributed by atoms with Crippen molar-refractivity contribution in [1.82, 2.24) is 4.90 Å². The van der Waals surface area contributed by atoms with Gasteiger partial charge < -0.3 is 20.4 Å². The molecule has 2 aliphatic rings. The minimum atomic E-state index is -0.926. The summed E-state index contributed by atoms with van der Waals surface area (Å²) in [5.41, 5.74) is 4.25. The van der Waals surface area contributed by atoms with Crippen molar-refractivity contribution in [1.29, 1.82) is 0 Å². The Kier molecular flexibility index (Phi) is 11.8. The molecule has 4 atom stereocenters. The molecule has 1 aliphatic heterocycles. The highest BCUT2D eigenvalue weighted by atomic mass is 35.5. The third kappa shape index (κ3) is 7.78. The van der Waals surface area contributed by atoms with Gasteiger partial charge >= 0.3 is 5.97 Å². The Morgan fingerprint density at radius 2 is 1.82 bits per heavy atom. The topological polar surface area (TPSA) is 135 Å². The second-order valence-electron chi connectivity index (χ2n) is 11.8. The van der Waals surface area contributed by atoms with Gasteiger partial charge in [0.15, 0.2) is 0 Å². The van der Waals surface area contributed by atoms with Gasteiger partial charge in [0.25, 0.3) is 0 Å². The van der Waals surface area contributed by atoms with Crippen LogP contribution < -0.4 is 0 Å². The summed E-state index contributed by atoms with van der Waals surface area (Å²) in [6.07, 6.45) is 5.32. The predicted octanol–water partition coefficient (Wildman–Crippen LogP) is 6.08. The van der Waals surface area contributed by atoms with Crippen LogP contribution in [0.5, 0.6) is 5.75 Å². The minimum Gasteiger partial charge on any atom is -0.508 e. The first-order valence-electron chi connectivity index (χ1n) is 15.5. The zero-order chi connectivity index (χ0) is 31.8. The molecule has 0 bridgehead atoms. The van der Waals surface area contributed by atoms with E-state index in [1.54, 1.807) is 12.1 Å². The molecule has 1 heterocycles. The van der Waals surface area contributed by atoms with Crippen LogP contribution in [0, 0.1) is 17.8 Å². The maximum atomic E-state index is 13.6. The maximum absolute atomic E-state index is 13.6. The van der Waals surface area contributed by atoms with Gasteiger partial charge in [-0.25, -0.2) is 0 Å². The number of amides is 2. The molecule has 9 heteroatoms. The fraction of sp³-hybridized carbons (Fsp3) is 0.457. The van der Waals surface area contributed by atoms with Gasteiger partial charge in [0.1, 0.15) is 5.75 Å². The Morgan fingerprint density at radius 3 is 2.48 bits per heavy atom. The smallest absolute Gasteiger partial charge is 0.303 e. The zero-order valence-electron chi connectivity index (χ0n) is 25.1. The summed E-state index contributed by atoms with van der Waals surface area (Å²) in [6.45, 7) is 1.91. The number of hydrogen-bond acceptors (Lipinski definition) is 6. The number of carboxylic acid groups (broad SMARTS) is 1. The van der Waals surface area contributed by atoms with E-state index in [0.717, 1.165) is 28.7 Å². The lowest BCUT2D eigenvalue weighted by Crippen LogP contribution is -2.39. The maximum Gasteiger partial charge on any atom is 0.303 e. The molecule has 2 aromatic carbocycles. The van der Waals surface area contributed by atoms with E-state index in [4.69, 9.17) is 16.7 Å². The van der Waals surface area contributed by atoms with Gasteiger partial charge in [0.05, 0.1) is 29.6 Å². The number of allylic oxidation sites excluding steroid dienone is 2. The number of benzene rings is 2. The lowest BCUT2D eigenvalue weighted by molar-refractivity contribution is -0.141. The van der Waals surface area contributed by atoms with Gasteiger partial charge in [-0.2, -0.15) is 0 Å². The summed E-state index contributed by atoms with van der Waals surface area (Å²) < 4.78 is 0. The van der Waals surface area contributed by atoms with E-state index in [0.29, 0.717) is 55.5 Å². The Hall–Kier alpha value is -3.46. The number of nitrogens with zero attached hydrogens (tertiary/aromatic N) is 1. The molecular weight excluding hydrogens is 582 g/mol. The molecule has 0 saturated carbocycles. The predicted molar refractivity (Wildman–Crippen MR) is 170 cm³/mol. The van der Waals surface area contributed by atoms with Crippen LogP contribution in [0.1, 0.15) is 75.8 Å². The van der Waals surface area contributed by atoms with Gasteiger partial charge in [0, 0.05) is 18.9 Å². The number of aliphatic carboxylic acids is 1. The van der Waals surface area contributed by atoms with Crippen molar-refractivity contribution in [2.24, 2.45) is 17.8 Å². The number of likely N-dealkylation sites (tertiary alicyclic amines) is 1. The zero-order valence-corrected chi connectivity index (χ0v) is 25.9. The van der Waals surface area contributed by atoms with Crippen LogP contribution in [0.4, 0.5) is 0 Å². The van der Waals surface area contributed by atoms with Crippen molar-refractivity contribution in [3.05, 3.63) is 75.8 Å². The number of carbonyl (C=O) groups is 3. The second-order valence-corrected chi connectivity index (χ2v) is 12.2. The second kappa shape index (κ2) is 15.5. The molecular formula is C35H42ClNO7. The molecule has 4 N–H and O–H groups in total. The molecule has 4 rings (SSSR count). The van der Waals surface area contributed by atoms with E-state index < -0.39 is 29.8 Å². The normalized spacial score (nSPS) is 21.1. The average Bonchev–Trinajstić information content (AvgIpc) is 3.24. The van der Waals surface area contributed by atoms with Crippen LogP contribution in [0.25, 0.3) is 11.6 Å². The standard InChI is InChI=1S/C35H42ClNO7/c1-2-9-25-19-27-33(35(44)37(34(27)43)17-8-4-7-12-31(41)42)28(21-38)32(25)30(40)16-14-23(22-10-5-3-6-11-22)18-24-13-15-26(39)20-29(24)36/h3,5-6,10-11,13,15,18,20,27-28,30,33,38-40H,2,4,7-9,12,14,16-17,19,21H2,1H3,(H,41,42)/b23-18-/t27-,28+,30-,33-/m1/s1. The highest BCUT2D eigenvalue weighted by molar-refractivity contribution is 6.32. The number of aliphatic hydroxyl groups is 2. The number of aromatic hydroxyl groups is 1. The van der Waals surface area contributed by atoms with E-state index in [1.165, 1.54) is 11.0 Å². The third-order valence-corrected chi connectivity index (χ3v) is 9.13. The highest BCUT2D eigenvalue weighted by Gasteiger charge is 2.54. The Bertz CT molecular complexity index is 1400. The van der Waals surface area contributed by atoms with E-state index in [2.05, 4.69) is 0 Å². The van der Waals surface area contributed by atoms with Crippen molar-refractivity contribution in [2.75, 3.05) is 13.2 Å². The summed E-state index contributed by atoms with van der Waals surface area (Å²) in [7, 11) is 0. The average molecular weight is 624 g/mol. The molecule has 2 amide bonds. The number of carboxylic acids is 1. The largest absolute Gasteiger partial charge is 0.508 e. The van der Waals surface area contributed by atoms with E-state index >= 15 is 0 Å². The molecule has 8 nitrogen and oxygen atoms in total. The van der Waals surface area contributed by atoms with Crippen molar-refractivity contribution < 1.29 is 34.8 Å². The molecule has 2 aromatic rings. The van der Waals surface area contributed by atoms with Crippen molar-refractivity contribution in [2.45, 2.75) is 70.8 Å². The third-order valence-electron chi connectivity index (χ3n) is 8.80. The Morgan fingerprint density at radius 1 is 1.07 bits per heavy atom. The van der Waals surface area contributed by atoms with Crippen molar-refractivity contribution in [3.63, 3.8) is 0 Å². The molecule has 236 valence electrons. The van der Waals surface area contributed by atoms with E-state index in [1.807, 2.05) is 43.3 Å². The Balaban J connectivity index is 1.56. The quantitative estimate of drug-likeness (QED) is 0.0817. The van der Waals surface area contributed by atoms with Gasteiger partial charge in [-0.1, -0.05) is 67.3 Å². The summed E-state index contributed by atoms with van der Waals surface area (Å²) in [5.74, 6) is -3.30. The monoisotopic (exact) mass is 623 g/mol. The fourth-order valence-electron chi connectivity index (χ4n) is 6.73. The number of imide groups is 1. The molecule has 0 unspecified atom stereocenters. The molecule has 1 fully saturated rings. The first-order valence-corrected chi connectivity index (χ1v) is 15.9. The molecule has 0 radical (unpaired) electrons. The first kappa shape index (κ1) is 33.4. The number of phenols is 1. The molecule has 1 saturated heterocycles. The van der Waals surface area contributed by atoms with Gasteiger partial charge in [-0.05, 0) is 85.1 Å². The van der Waals surface area contributed by atoms with Crippen LogP contribution >= 0.6 is 11.6 Å². The molecule has 0 aromatic heterocycles. The van der Waals surface area contributed by atoms with Crippen LogP contribution in [0.3, 0.4) is 0 Å². The van der Waals surface area contributed by atoms with Crippen LogP contribution in [-0.4, -0.2) is 62.4 Å². The van der Waals surface area contributed by atoms with Crippen LogP contribution in [-0.2, 0) is 14.4 Å². The van der Waals surface area contributed by atoms with Gasteiger partial charge in [-0.3, -0.25) is 19.3 Å². The number of unbranched alkanes of at least 4 members (excludes halogenated alkanes) is 2. The van der Waals surface area contributed by atoms with Crippen molar-refractivity contribution >= 4 is 41.0 Å². The van der Waals surface area contributed by atoms with Crippen molar-refractivity contribution in [3.8, 4) is 5.75 Å². The number of hydrogen-bond donors (Lipinski definition) is 4. The number of rotatable bonds is 15. The molecule has 1 aliphatic carbocycles. The molecule has 0 spiro atoms.